The maximum Gasteiger partial charge on any atom is 0.408 e. The van der Waals surface area contributed by atoms with Crippen LogP contribution in [-0.2, 0) is 23.8 Å². The highest BCUT2D eigenvalue weighted by Crippen LogP contribution is 2.63. The predicted molar refractivity (Wildman–Crippen MR) is 125 cm³/mol. The minimum absolute atomic E-state index is 0.0404. The maximum atomic E-state index is 13.0. The van der Waals surface area contributed by atoms with Crippen molar-refractivity contribution in [2.75, 3.05) is 19.8 Å². The molecular formula is C27H29NO7. The Hall–Kier alpha value is -3.39. The maximum absolute atomic E-state index is 13.0. The molecule has 0 aromatic heterocycles. The monoisotopic (exact) mass is 479 g/mol. The van der Waals surface area contributed by atoms with Gasteiger partial charge in [0.1, 0.15) is 12.1 Å². The highest BCUT2D eigenvalue weighted by Gasteiger charge is 2.76. The predicted octanol–water partition coefficient (Wildman–Crippen LogP) is 3.02. The Bertz CT molecular complexity index is 1120. The van der Waals surface area contributed by atoms with Crippen LogP contribution in [0.15, 0.2) is 48.5 Å². The summed E-state index contributed by atoms with van der Waals surface area (Å²) in [7, 11) is 0. The lowest BCUT2D eigenvalue weighted by Gasteiger charge is -2.31. The summed E-state index contributed by atoms with van der Waals surface area (Å²) in [5.41, 5.74) is 2.82. The number of carbonyl (C=O) groups excluding carboxylic acids is 3. The van der Waals surface area contributed by atoms with Crippen LogP contribution in [0.1, 0.15) is 37.3 Å². The molecule has 2 saturated carbocycles. The standard InChI is InChI=1S/C27H29NO7/c1-3-33-24(30)22-21-20(29)13-27(23(21)22,25(31)34-4-2)28-26(32)35-14-19-17-11-7-5-9-15(17)16-10-6-8-12-18(16)19/h5-12,19-23,29H,3-4,13-14H2,1-2H3,(H,28,32)/t20-,21+,22+,23+,27+/m1/s1. The van der Waals surface area contributed by atoms with E-state index in [-0.39, 0.29) is 32.2 Å². The van der Waals surface area contributed by atoms with Crippen LogP contribution in [0.2, 0.25) is 0 Å². The van der Waals surface area contributed by atoms with Crippen LogP contribution in [-0.4, -0.2) is 54.6 Å². The number of alkyl carbamates (subject to hydrolysis) is 1. The first kappa shape index (κ1) is 23.4. The van der Waals surface area contributed by atoms with Crippen molar-refractivity contribution in [1.29, 1.82) is 0 Å². The normalized spacial score (nSPS) is 27.9. The van der Waals surface area contributed by atoms with Gasteiger partial charge in [-0.05, 0) is 36.1 Å². The van der Waals surface area contributed by atoms with E-state index < -0.39 is 47.4 Å². The lowest BCUT2D eigenvalue weighted by atomic mass is 9.89. The van der Waals surface area contributed by atoms with E-state index in [1.165, 1.54) is 0 Å². The van der Waals surface area contributed by atoms with Gasteiger partial charge in [-0.3, -0.25) is 4.79 Å². The van der Waals surface area contributed by atoms with Crippen molar-refractivity contribution in [2.45, 2.75) is 37.8 Å². The number of benzene rings is 2. The molecule has 2 N–H and O–H groups in total. The van der Waals surface area contributed by atoms with Crippen molar-refractivity contribution in [3.63, 3.8) is 0 Å². The Morgan fingerprint density at radius 2 is 1.54 bits per heavy atom. The van der Waals surface area contributed by atoms with E-state index in [9.17, 15) is 19.5 Å². The lowest BCUT2D eigenvalue weighted by Crippen LogP contribution is -2.57. The average Bonchev–Trinajstić information content (AvgIpc) is 3.45. The third-order valence-corrected chi connectivity index (χ3v) is 7.49. The quantitative estimate of drug-likeness (QED) is 0.464. The molecule has 1 amide bonds. The second-order valence-corrected chi connectivity index (χ2v) is 9.29. The minimum atomic E-state index is -1.54. The van der Waals surface area contributed by atoms with E-state index in [0.717, 1.165) is 22.3 Å². The summed E-state index contributed by atoms with van der Waals surface area (Å²) >= 11 is 0. The van der Waals surface area contributed by atoms with Gasteiger partial charge in [-0.15, -0.1) is 0 Å². The molecule has 3 aliphatic rings. The number of aliphatic hydroxyl groups excluding tert-OH is 1. The van der Waals surface area contributed by atoms with E-state index in [4.69, 9.17) is 14.2 Å². The van der Waals surface area contributed by atoms with Crippen molar-refractivity contribution >= 4 is 18.0 Å². The van der Waals surface area contributed by atoms with Gasteiger partial charge < -0.3 is 24.6 Å². The fraction of sp³-hybridized carbons (Fsp3) is 0.444. The molecule has 0 heterocycles. The molecule has 5 atom stereocenters. The summed E-state index contributed by atoms with van der Waals surface area (Å²) in [6.45, 7) is 3.73. The summed E-state index contributed by atoms with van der Waals surface area (Å²) in [5.74, 6) is -3.03. The van der Waals surface area contributed by atoms with Gasteiger partial charge in [0, 0.05) is 24.2 Å². The molecule has 0 bridgehead atoms. The SMILES string of the molecule is CCOC(=O)[C@H]1[C@H]2[C@@H]1[C@](NC(=O)OCC1c3ccccc3-c3ccccc31)(C(=O)OCC)C[C@H]2O. The Balaban J connectivity index is 1.34. The Labute approximate surface area is 203 Å². The molecule has 0 saturated heterocycles. The lowest BCUT2D eigenvalue weighted by molar-refractivity contribution is -0.154. The third-order valence-electron chi connectivity index (χ3n) is 7.49. The van der Waals surface area contributed by atoms with E-state index in [2.05, 4.69) is 5.32 Å². The average molecular weight is 480 g/mol. The first-order chi connectivity index (χ1) is 16.9. The summed E-state index contributed by atoms with van der Waals surface area (Å²) in [4.78, 5) is 38.5. The van der Waals surface area contributed by atoms with Crippen LogP contribution in [0.5, 0.6) is 0 Å². The number of hydrogen-bond acceptors (Lipinski definition) is 7. The molecular weight excluding hydrogens is 450 g/mol. The molecule has 8 heteroatoms. The van der Waals surface area contributed by atoms with E-state index >= 15 is 0 Å². The van der Waals surface area contributed by atoms with E-state index in [1.807, 2.05) is 48.5 Å². The number of rotatable bonds is 7. The number of amides is 1. The Kier molecular flexibility index (Phi) is 6.01. The van der Waals surface area contributed by atoms with Gasteiger partial charge in [-0.1, -0.05) is 48.5 Å². The van der Waals surface area contributed by atoms with Crippen molar-refractivity contribution < 1.29 is 33.7 Å². The van der Waals surface area contributed by atoms with Crippen molar-refractivity contribution in [1.82, 2.24) is 5.32 Å². The number of ether oxygens (including phenoxy) is 3. The van der Waals surface area contributed by atoms with Gasteiger partial charge in [0.25, 0.3) is 0 Å². The second-order valence-electron chi connectivity index (χ2n) is 9.29. The molecule has 35 heavy (non-hydrogen) atoms. The van der Waals surface area contributed by atoms with E-state index in [1.54, 1.807) is 13.8 Å². The number of fused-ring (bicyclic) bond motifs is 4. The van der Waals surface area contributed by atoms with Crippen LogP contribution in [0.25, 0.3) is 11.1 Å². The van der Waals surface area contributed by atoms with Gasteiger partial charge in [0.2, 0.25) is 0 Å². The van der Waals surface area contributed by atoms with Gasteiger partial charge >= 0.3 is 18.0 Å². The fourth-order valence-corrected chi connectivity index (χ4v) is 6.07. The van der Waals surface area contributed by atoms with Crippen LogP contribution < -0.4 is 5.32 Å². The number of esters is 2. The zero-order valence-electron chi connectivity index (χ0n) is 19.7. The van der Waals surface area contributed by atoms with Crippen molar-refractivity contribution in [2.24, 2.45) is 17.8 Å². The van der Waals surface area contributed by atoms with Crippen molar-refractivity contribution in [3.8, 4) is 11.1 Å². The first-order valence-corrected chi connectivity index (χ1v) is 12.1. The molecule has 0 aliphatic heterocycles. The molecule has 184 valence electrons. The highest BCUT2D eigenvalue weighted by molar-refractivity contribution is 5.91. The number of carbonyl (C=O) groups is 3. The van der Waals surface area contributed by atoms with E-state index in [0.29, 0.717) is 0 Å². The molecule has 5 rings (SSSR count). The highest BCUT2D eigenvalue weighted by atomic mass is 16.6. The molecule has 2 aromatic rings. The molecule has 2 aromatic carbocycles. The van der Waals surface area contributed by atoms with Gasteiger partial charge in [-0.2, -0.15) is 0 Å². The molecule has 3 aliphatic carbocycles. The summed E-state index contributed by atoms with van der Waals surface area (Å²) in [6.07, 6.45) is -1.77. The fourth-order valence-electron chi connectivity index (χ4n) is 6.07. The molecule has 0 radical (unpaired) electrons. The number of aliphatic hydroxyl groups is 1. The van der Waals surface area contributed by atoms with Gasteiger partial charge in [0.15, 0.2) is 0 Å². The Morgan fingerprint density at radius 3 is 2.14 bits per heavy atom. The summed E-state index contributed by atoms with van der Waals surface area (Å²) in [6, 6.07) is 16.0. The smallest absolute Gasteiger partial charge is 0.408 e. The molecule has 0 unspecified atom stereocenters. The van der Waals surface area contributed by atoms with Gasteiger partial charge in [0.05, 0.1) is 25.2 Å². The molecule has 2 fully saturated rings. The van der Waals surface area contributed by atoms with Gasteiger partial charge in [-0.25, -0.2) is 9.59 Å². The van der Waals surface area contributed by atoms with Crippen LogP contribution >= 0.6 is 0 Å². The largest absolute Gasteiger partial charge is 0.466 e. The summed E-state index contributed by atoms with van der Waals surface area (Å²) in [5, 5.41) is 13.3. The number of nitrogens with one attached hydrogen (secondary N) is 1. The van der Waals surface area contributed by atoms with Crippen LogP contribution in [0, 0.1) is 17.8 Å². The molecule has 0 spiro atoms. The molecule has 8 nitrogen and oxygen atoms in total. The zero-order valence-corrected chi connectivity index (χ0v) is 19.7. The zero-order chi connectivity index (χ0) is 24.7. The number of hydrogen-bond donors (Lipinski definition) is 2. The topological polar surface area (TPSA) is 111 Å². The third kappa shape index (κ3) is 3.76. The first-order valence-electron chi connectivity index (χ1n) is 12.1. The second kappa shape index (κ2) is 9.00. The van der Waals surface area contributed by atoms with Crippen LogP contribution in [0.3, 0.4) is 0 Å². The Morgan fingerprint density at radius 1 is 0.943 bits per heavy atom. The minimum Gasteiger partial charge on any atom is -0.466 e. The van der Waals surface area contributed by atoms with Crippen molar-refractivity contribution in [3.05, 3.63) is 59.7 Å². The van der Waals surface area contributed by atoms with Crippen LogP contribution in [0.4, 0.5) is 4.79 Å². The summed E-state index contributed by atoms with van der Waals surface area (Å²) < 4.78 is 16.0.